The topological polar surface area (TPSA) is 82.0 Å². The lowest BCUT2D eigenvalue weighted by atomic mass is 10.1. The van der Waals surface area contributed by atoms with Crippen molar-refractivity contribution in [1.82, 2.24) is 25.0 Å². The molecule has 0 atom stereocenters. The SMILES string of the molecule is CN=C(NCc1ccc(C(=O)N2CCNC(=O)C2)cc1)N(C)Cc1cc(Cl)cn1C.I. The second-order valence-electron chi connectivity index (χ2n) is 7.29. The Morgan fingerprint density at radius 3 is 2.61 bits per heavy atom. The maximum atomic E-state index is 12.6. The van der Waals surface area contributed by atoms with Gasteiger partial charge in [0.05, 0.1) is 18.1 Å². The molecule has 3 rings (SSSR count). The molecule has 0 radical (unpaired) electrons. The van der Waals surface area contributed by atoms with E-state index in [2.05, 4.69) is 15.6 Å². The first-order chi connectivity index (χ1) is 14.4. The minimum atomic E-state index is -0.124. The summed E-state index contributed by atoms with van der Waals surface area (Å²) in [7, 11) is 5.67. The zero-order valence-corrected chi connectivity index (χ0v) is 21.0. The third kappa shape index (κ3) is 6.60. The number of hydrogen-bond donors (Lipinski definition) is 2. The Balaban J connectivity index is 0.00000341. The molecule has 1 aromatic carbocycles. The van der Waals surface area contributed by atoms with E-state index >= 15 is 0 Å². The maximum absolute atomic E-state index is 12.6. The van der Waals surface area contributed by atoms with Crippen molar-refractivity contribution in [2.24, 2.45) is 12.0 Å². The van der Waals surface area contributed by atoms with Gasteiger partial charge in [-0.2, -0.15) is 0 Å². The molecule has 1 fully saturated rings. The fraction of sp³-hybridized carbons (Fsp3) is 0.381. The second-order valence-corrected chi connectivity index (χ2v) is 7.73. The van der Waals surface area contributed by atoms with Gasteiger partial charge in [0, 0.05) is 58.2 Å². The van der Waals surface area contributed by atoms with E-state index in [-0.39, 0.29) is 42.3 Å². The Morgan fingerprint density at radius 2 is 2.03 bits per heavy atom. The Hall–Kier alpha value is -2.27. The summed E-state index contributed by atoms with van der Waals surface area (Å²) in [6.07, 6.45) is 1.88. The largest absolute Gasteiger partial charge is 0.353 e. The number of aryl methyl sites for hydroxylation is 1. The molecule has 2 heterocycles. The van der Waals surface area contributed by atoms with Crippen LogP contribution in [-0.2, 0) is 24.9 Å². The second kappa shape index (κ2) is 11.4. The molecule has 2 amide bonds. The molecule has 8 nitrogen and oxygen atoms in total. The normalized spacial score (nSPS) is 14.0. The predicted molar refractivity (Wildman–Crippen MR) is 133 cm³/mol. The Morgan fingerprint density at radius 1 is 1.32 bits per heavy atom. The molecule has 0 spiro atoms. The van der Waals surface area contributed by atoms with Crippen molar-refractivity contribution in [2.75, 3.05) is 33.7 Å². The lowest BCUT2D eigenvalue weighted by Gasteiger charge is -2.26. The van der Waals surface area contributed by atoms with Gasteiger partial charge in [0.1, 0.15) is 0 Å². The van der Waals surface area contributed by atoms with Crippen LogP contribution in [0.4, 0.5) is 0 Å². The molecule has 1 saturated heterocycles. The number of amides is 2. The van der Waals surface area contributed by atoms with Crippen LogP contribution in [0.3, 0.4) is 0 Å². The number of carbonyl (C=O) groups excluding carboxylic acids is 2. The van der Waals surface area contributed by atoms with Gasteiger partial charge in [-0.05, 0) is 23.8 Å². The summed E-state index contributed by atoms with van der Waals surface area (Å²) < 4.78 is 1.99. The molecule has 0 unspecified atom stereocenters. The van der Waals surface area contributed by atoms with Gasteiger partial charge in [0.25, 0.3) is 5.91 Å². The number of hydrogen-bond acceptors (Lipinski definition) is 3. The standard InChI is InChI=1S/C21H27ClN6O2.HI/c1-23-21(27(3)13-18-10-17(22)12-26(18)2)25-11-15-4-6-16(7-5-15)20(30)28-9-8-24-19(29)14-28;/h4-7,10,12H,8-9,11,13-14H2,1-3H3,(H,23,25)(H,24,29);1H. The number of halogens is 2. The molecule has 31 heavy (non-hydrogen) atoms. The van der Waals surface area contributed by atoms with Crippen LogP contribution in [0.15, 0.2) is 41.5 Å². The van der Waals surface area contributed by atoms with E-state index in [0.29, 0.717) is 36.8 Å². The molecular weight excluding hydrogens is 531 g/mol. The van der Waals surface area contributed by atoms with Crippen molar-refractivity contribution in [1.29, 1.82) is 0 Å². The summed E-state index contributed by atoms with van der Waals surface area (Å²) in [5, 5.41) is 6.77. The number of nitrogens with one attached hydrogen (secondary N) is 2. The van der Waals surface area contributed by atoms with Crippen molar-refractivity contribution < 1.29 is 9.59 Å². The summed E-state index contributed by atoms with van der Waals surface area (Å²) in [6.45, 7) is 2.37. The fourth-order valence-electron chi connectivity index (χ4n) is 3.37. The van der Waals surface area contributed by atoms with Gasteiger partial charge < -0.3 is 25.0 Å². The van der Waals surface area contributed by atoms with Crippen LogP contribution in [0.25, 0.3) is 0 Å². The van der Waals surface area contributed by atoms with Crippen LogP contribution in [0.5, 0.6) is 0 Å². The molecule has 2 N–H and O–H groups in total. The van der Waals surface area contributed by atoms with Crippen LogP contribution >= 0.6 is 35.6 Å². The van der Waals surface area contributed by atoms with E-state index in [0.717, 1.165) is 17.2 Å². The van der Waals surface area contributed by atoms with Gasteiger partial charge in [-0.1, -0.05) is 23.7 Å². The minimum Gasteiger partial charge on any atom is -0.353 e. The van der Waals surface area contributed by atoms with E-state index in [1.54, 1.807) is 24.1 Å². The van der Waals surface area contributed by atoms with Gasteiger partial charge in [-0.15, -0.1) is 24.0 Å². The Kier molecular flexibility index (Phi) is 9.17. The third-order valence-corrected chi connectivity index (χ3v) is 5.23. The number of nitrogens with zero attached hydrogens (tertiary/aromatic N) is 4. The van der Waals surface area contributed by atoms with E-state index in [1.165, 1.54) is 0 Å². The van der Waals surface area contributed by atoms with Crippen molar-refractivity contribution in [3.05, 3.63) is 58.4 Å². The Bertz CT molecular complexity index is 944. The first-order valence-corrected chi connectivity index (χ1v) is 10.1. The van der Waals surface area contributed by atoms with E-state index < -0.39 is 0 Å². The van der Waals surface area contributed by atoms with Gasteiger partial charge in [-0.25, -0.2) is 0 Å². The summed E-state index contributed by atoms with van der Waals surface area (Å²) in [5.74, 6) is 0.511. The zero-order chi connectivity index (χ0) is 21.7. The number of carbonyl (C=O) groups is 2. The third-order valence-electron chi connectivity index (χ3n) is 5.02. The average Bonchev–Trinajstić information content (AvgIpc) is 3.05. The van der Waals surface area contributed by atoms with Gasteiger partial charge in [-0.3, -0.25) is 14.6 Å². The predicted octanol–water partition coefficient (Wildman–Crippen LogP) is 2.08. The van der Waals surface area contributed by atoms with Crippen LogP contribution in [-0.4, -0.2) is 65.9 Å². The molecule has 0 saturated carbocycles. The first-order valence-electron chi connectivity index (χ1n) is 9.75. The highest BCUT2D eigenvalue weighted by Crippen LogP contribution is 2.14. The van der Waals surface area contributed by atoms with Gasteiger partial charge in [0.15, 0.2) is 5.96 Å². The zero-order valence-electron chi connectivity index (χ0n) is 17.9. The molecular formula is C21H28ClIN6O2. The number of aromatic nitrogens is 1. The molecule has 0 bridgehead atoms. The summed E-state index contributed by atoms with van der Waals surface area (Å²) in [6, 6.07) is 9.35. The summed E-state index contributed by atoms with van der Waals surface area (Å²) >= 11 is 6.06. The van der Waals surface area contributed by atoms with Crippen molar-refractivity contribution >= 4 is 53.4 Å². The smallest absolute Gasteiger partial charge is 0.254 e. The molecule has 168 valence electrons. The minimum absolute atomic E-state index is 0. The van der Waals surface area contributed by atoms with E-state index in [1.807, 2.05) is 48.0 Å². The highest BCUT2D eigenvalue weighted by molar-refractivity contribution is 14.0. The summed E-state index contributed by atoms with van der Waals surface area (Å²) in [4.78, 5) is 32.0. The van der Waals surface area contributed by atoms with Crippen molar-refractivity contribution in [3.63, 3.8) is 0 Å². The van der Waals surface area contributed by atoms with Gasteiger partial charge >= 0.3 is 0 Å². The fourth-order valence-corrected chi connectivity index (χ4v) is 3.64. The lowest BCUT2D eigenvalue weighted by molar-refractivity contribution is -0.123. The van der Waals surface area contributed by atoms with E-state index in [9.17, 15) is 9.59 Å². The quantitative estimate of drug-likeness (QED) is 0.335. The lowest BCUT2D eigenvalue weighted by Crippen LogP contribution is -2.49. The monoisotopic (exact) mass is 558 g/mol. The van der Waals surface area contributed by atoms with Crippen molar-refractivity contribution in [2.45, 2.75) is 13.1 Å². The number of guanidine groups is 1. The molecule has 1 aromatic heterocycles. The number of rotatable bonds is 5. The highest BCUT2D eigenvalue weighted by Gasteiger charge is 2.22. The number of piperazine rings is 1. The van der Waals surface area contributed by atoms with E-state index in [4.69, 9.17) is 11.6 Å². The van der Waals surface area contributed by atoms with Gasteiger partial charge in [0.2, 0.25) is 5.91 Å². The molecule has 0 aliphatic carbocycles. The molecule has 1 aliphatic rings. The molecule has 2 aromatic rings. The average molecular weight is 559 g/mol. The molecule has 10 heteroatoms. The highest BCUT2D eigenvalue weighted by atomic mass is 127. The summed E-state index contributed by atoms with van der Waals surface area (Å²) in [5.41, 5.74) is 2.69. The maximum Gasteiger partial charge on any atom is 0.254 e. The number of aliphatic imine (C=N–C) groups is 1. The first kappa shape index (κ1) is 25.0. The van der Waals surface area contributed by atoms with Crippen LogP contribution in [0.1, 0.15) is 21.6 Å². The Labute approximate surface area is 204 Å². The molecule has 1 aliphatic heterocycles. The van der Waals surface area contributed by atoms with Crippen LogP contribution in [0.2, 0.25) is 5.02 Å². The number of benzene rings is 1. The van der Waals surface area contributed by atoms with Crippen LogP contribution < -0.4 is 10.6 Å². The van der Waals surface area contributed by atoms with Crippen molar-refractivity contribution in [3.8, 4) is 0 Å². The van der Waals surface area contributed by atoms with Crippen LogP contribution in [0, 0.1) is 0 Å².